The van der Waals surface area contributed by atoms with Crippen molar-refractivity contribution in [1.82, 2.24) is 0 Å². The van der Waals surface area contributed by atoms with Crippen molar-refractivity contribution in [1.29, 1.82) is 0 Å². The van der Waals surface area contributed by atoms with Gasteiger partial charge in [-0.25, -0.2) is 9.59 Å². The average Bonchev–Trinajstić information content (AvgIpc) is 2.28. The minimum atomic E-state index is -1.16. The molecule has 0 aromatic heterocycles. The molecule has 5 heteroatoms. The first-order chi connectivity index (χ1) is 7.91. The minimum Gasteiger partial charge on any atom is -0.478 e. The first-order valence-electron chi connectivity index (χ1n) is 4.84. The van der Waals surface area contributed by atoms with E-state index < -0.39 is 23.8 Å². The second kappa shape index (κ2) is 5.25. The van der Waals surface area contributed by atoms with Crippen molar-refractivity contribution in [3.8, 4) is 0 Å². The summed E-state index contributed by atoms with van der Waals surface area (Å²) < 4.78 is 4.50. The van der Waals surface area contributed by atoms with Crippen LogP contribution in [0.25, 0.3) is 0 Å². The summed E-state index contributed by atoms with van der Waals surface area (Å²) in [5, 5.41) is 8.73. The van der Waals surface area contributed by atoms with Crippen LogP contribution in [0, 0.1) is 12.8 Å². The average molecular weight is 235 g/mol. The molecule has 17 heavy (non-hydrogen) atoms. The molecule has 1 atom stereocenters. The molecule has 1 aromatic carbocycles. The maximum atomic E-state index is 11.5. The third-order valence-electron chi connectivity index (χ3n) is 1.94. The van der Waals surface area contributed by atoms with E-state index in [1.54, 1.807) is 0 Å². The Hall–Kier alpha value is -2.17. The van der Waals surface area contributed by atoms with E-state index in [0.717, 1.165) is 6.07 Å². The number of ether oxygens (including phenoxy) is 1. The Labute approximate surface area is 98.0 Å². The molecule has 1 rings (SSSR count). The van der Waals surface area contributed by atoms with E-state index in [1.165, 1.54) is 25.1 Å². The van der Waals surface area contributed by atoms with Gasteiger partial charge in [0.1, 0.15) is 0 Å². The first kappa shape index (κ1) is 12.9. The lowest BCUT2D eigenvalue weighted by Crippen LogP contribution is -2.17. The molecule has 0 amide bonds. The van der Waals surface area contributed by atoms with E-state index in [0.29, 0.717) is 0 Å². The van der Waals surface area contributed by atoms with Gasteiger partial charge in [0.05, 0.1) is 17.0 Å². The van der Waals surface area contributed by atoms with Gasteiger partial charge in [0.25, 0.3) is 0 Å². The van der Waals surface area contributed by atoms with E-state index >= 15 is 0 Å². The highest BCUT2D eigenvalue weighted by Gasteiger charge is 2.16. The third kappa shape index (κ3) is 3.41. The van der Waals surface area contributed by atoms with E-state index in [9.17, 15) is 14.4 Å². The summed E-state index contributed by atoms with van der Waals surface area (Å²) in [6, 6.07) is 5.25. The molecule has 1 N–H and O–H groups in total. The van der Waals surface area contributed by atoms with Gasteiger partial charge in [-0.3, -0.25) is 4.79 Å². The Bertz CT molecular complexity index is 462. The zero-order valence-electron chi connectivity index (χ0n) is 9.17. The Morgan fingerprint density at radius 2 is 1.88 bits per heavy atom. The maximum Gasteiger partial charge on any atom is 0.345 e. The summed E-state index contributed by atoms with van der Waals surface area (Å²) in [6.45, 7) is 4.90. The largest absolute Gasteiger partial charge is 0.478 e. The van der Waals surface area contributed by atoms with Crippen LogP contribution in [0.3, 0.4) is 0 Å². The van der Waals surface area contributed by atoms with Crippen LogP contribution in [0.4, 0.5) is 0 Å². The third-order valence-corrected chi connectivity index (χ3v) is 1.94. The highest BCUT2D eigenvalue weighted by molar-refractivity contribution is 5.99. The molecule has 0 bridgehead atoms. The quantitative estimate of drug-likeness (QED) is 0.634. The molecule has 5 nitrogen and oxygen atoms in total. The van der Waals surface area contributed by atoms with E-state index in [1.807, 2.05) is 0 Å². The maximum absolute atomic E-state index is 11.5. The highest BCUT2D eigenvalue weighted by Crippen LogP contribution is 2.08. The Morgan fingerprint density at radius 3 is 2.41 bits per heavy atom. The van der Waals surface area contributed by atoms with Crippen molar-refractivity contribution < 1.29 is 24.2 Å². The molecule has 0 fully saturated rings. The number of esters is 2. The van der Waals surface area contributed by atoms with Gasteiger partial charge in [-0.2, -0.15) is 0 Å². The molecule has 0 aliphatic rings. The number of benzene rings is 1. The van der Waals surface area contributed by atoms with Gasteiger partial charge in [-0.15, -0.1) is 0 Å². The Kier molecular flexibility index (Phi) is 3.98. The van der Waals surface area contributed by atoms with Crippen LogP contribution in [-0.2, 0) is 9.53 Å². The van der Waals surface area contributed by atoms with Gasteiger partial charge in [-0.1, -0.05) is 13.0 Å². The van der Waals surface area contributed by atoms with E-state index in [2.05, 4.69) is 11.7 Å². The highest BCUT2D eigenvalue weighted by atomic mass is 16.6. The number of hydrogen-bond acceptors (Lipinski definition) is 4. The van der Waals surface area contributed by atoms with Crippen molar-refractivity contribution in [2.45, 2.75) is 6.92 Å². The van der Waals surface area contributed by atoms with Gasteiger partial charge in [0.2, 0.25) is 0 Å². The summed E-state index contributed by atoms with van der Waals surface area (Å²) >= 11 is 0. The Morgan fingerprint density at radius 1 is 1.29 bits per heavy atom. The molecule has 0 heterocycles. The molecule has 0 aliphatic carbocycles. The molecular weight excluding hydrogens is 224 g/mol. The molecule has 1 aromatic rings. The lowest BCUT2D eigenvalue weighted by Gasteiger charge is -2.05. The predicted octanol–water partition coefficient (Wildman–Crippen LogP) is 1.54. The number of aromatic carboxylic acids is 1. The van der Waals surface area contributed by atoms with Gasteiger partial charge in [-0.05, 0) is 25.1 Å². The van der Waals surface area contributed by atoms with E-state index in [-0.39, 0.29) is 11.1 Å². The van der Waals surface area contributed by atoms with Gasteiger partial charge >= 0.3 is 17.9 Å². The monoisotopic (exact) mass is 235 g/mol. The van der Waals surface area contributed by atoms with Gasteiger partial charge in [0.15, 0.2) is 0 Å². The van der Waals surface area contributed by atoms with Gasteiger partial charge < -0.3 is 9.84 Å². The summed E-state index contributed by atoms with van der Waals surface area (Å²) in [7, 11) is 0. The zero-order chi connectivity index (χ0) is 13.0. The number of hydrogen-bond donors (Lipinski definition) is 1. The normalized spacial score (nSPS) is 10.1. The molecule has 0 saturated heterocycles. The van der Waals surface area contributed by atoms with E-state index in [4.69, 9.17) is 5.11 Å². The summed E-state index contributed by atoms with van der Waals surface area (Å²) in [5.41, 5.74) is -0.0338. The number of carboxylic acid groups (broad SMARTS) is 1. The Balaban J connectivity index is 2.86. The van der Waals surface area contributed by atoms with Crippen molar-refractivity contribution >= 4 is 17.9 Å². The number of carbonyl (C=O) groups is 3. The van der Waals surface area contributed by atoms with Gasteiger partial charge in [0, 0.05) is 0 Å². The topological polar surface area (TPSA) is 80.7 Å². The van der Waals surface area contributed by atoms with Crippen LogP contribution in [0.5, 0.6) is 0 Å². The molecule has 0 aliphatic heterocycles. The number of rotatable bonds is 3. The van der Waals surface area contributed by atoms with Crippen molar-refractivity contribution in [2.24, 2.45) is 5.92 Å². The summed E-state index contributed by atoms with van der Waals surface area (Å²) in [4.78, 5) is 33.3. The molecule has 0 spiro atoms. The molecule has 89 valence electrons. The van der Waals surface area contributed by atoms with Crippen LogP contribution < -0.4 is 0 Å². The molecule has 0 saturated carbocycles. The van der Waals surface area contributed by atoms with Crippen molar-refractivity contribution in [3.63, 3.8) is 0 Å². The lowest BCUT2D eigenvalue weighted by atomic mass is 10.1. The fourth-order valence-corrected chi connectivity index (χ4v) is 1.03. The second-order valence-corrected chi connectivity index (χ2v) is 3.50. The first-order valence-corrected chi connectivity index (χ1v) is 4.84. The zero-order valence-corrected chi connectivity index (χ0v) is 9.17. The van der Waals surface area contributed by atoms with Crippen molar-refractivity contribution in [3.05, 3.63) is 42.3 Å². The lowest BCUT2D eigenvalue weighted by molar-refractivity contribution is -0.140. The van der Waals surface area contributed by atoms with Crippen LogP contribution in [0.2, 0.25) is 0 Å². The molecule has 1 radical (unpaired) electrons. The van der Waals surface area contributed by atoms with Crippen LogP contribution >= 0.6 is 0 Å². The minimum absolute atomic E-state index is 0.0129. The van der Waals surface area contributed by atoms with Crippen LogP contribution in [0.1, 0.15) is 27.6 Å². The second-order valence-electron chi connectivity index (χ2n) is 3.50. The molecule has 1 unspecified atom stereocenters. The van der Waals surface area contributed by atoms with Crippen LogP contribution in [0.15, 0.2) is 24.3 Å². The fourth-order valence-electron chi connectivity index (χ4n) is 1.03. The SMILES string of the molecule is [CH2]C(C)C(=O)OC(=O)c1cccc(C(=O)O)c1. The van der Waals surface area contributed by atoms with Crippen molar-refractivity contribution in [2.75, 3.05) is 0 Å². The predicted molar refractivity (Wildman–Crippen MR) is 58.3 cm³/mol. The molecular formula is C12H11O5. The van der Waals surface area contributed by atoms with Crippen LogP contribution in [-0.4, -0.2) is 23.0 Å². The fraction of sp³-hybridized carbons (Fsp3) is 0.167. The smallest absolute Gasteiger partial charge is 0.345 e. The number of carbonyl (C=O) groups excluding carboxylic acids is 2. The summed E-state index contributed by atoms with van der Waals surface area (Å²) in [6.07, 6.45) is 0. The standard InChI is InChI=1S/C12H11O5/c1-7(2)11(15)17-12(16)9-5-3-4-8(6-9)10(13)14/h3-7H,1H2,2H3,(H,13,14). The summed E-state index contributed by atoms with van der Waals surface area (Å²) in [5.74, 6) is -3.46. The number of carboxylic acids is 1.